The second kappa shape index (κ2) is 8.82. The van der Waals surface area contributed by atoms with Gasteiger partial charge in [-0.15, -0.1) is 0 Å². The quantitative estimate of drug-likeness (QED) is 0.289. The number of carbonyl (C=O) groups is 1. The Morgan fingerprint density at radius 1 is 1.31 bits per heavy atom. The van der Waals surface area contributed by atoms with Gasteiger partial charge in [0.1, 0.15) is 5.75 Å². The fourth-order valence-corrected chi connectivity index (χ4v) is 4.50. The molecule has 4 rings (SSSR count). The van der Waals surface area contributed by atoms with E-state index < -0.39 is 10.9 Å². The van der Waals surface area contributed by atoms with E-state index in [1.54, 1.807) is 38.1 Å². The molecule has 0 amide bonds. The molecule has 0 radical (unpaired) electrons. The first-order valence-corrected chi connectivity index (χ1v) is 10.6. The number of fused-ring (bicyclic) bond motifs is 3. The van der Waals surface area contributed by atoms with E-state index in [0.717, 1.165) is 41.0 Å². The Bertz CT molecular complexity index is 1120. The molecule has 1 heterocycles. The minimum atomic E-state index is -0.442. The first-order chi connectivity index (χ1) is 15.4. The molecule has 0 aromatic heterocycles. The summed E-state index contributed by atoms with van der Waals surface area (Å²) in [7, 11) is 1.64. The van der Waals surface area contributed by atoms with Gasteiger partial charge in [0, 0.05) is 35.4 Å². The van der Waals surface area contributed by atoms with Crippen molar-refractivity contribution in [2.45, 2.75) is 32.7 Å². The molecule has 2 aliphatic rings. The first-order valence-electron chi connectivity index (χ1n) is 10.6. The highest BCUT2D eigenvalue weighted by Crippen LogP contribution is 2.45. The molecule has 2 aromatic rings. The van der Waals surface area contributed by atoms with Crippen molar-refractivity contribution in [1.29, 1.82) is 0 Å². The number of nitro groups is 1. The van der Waals surface area contributed by atoms with Gasteiger partial charge >= 0.3 is 5.97 Å². The third kappa shape index (κ3) is 3.95. The highest BCUT2D eigenvalue weighted by Gasteiger charge is 2.42. The lowest BCUT2D eigenvalue weighted by Crippen LogP contribution is -2.28. The zero-order valence-corrected chi connectivity index (χ0v) is 18.3. The van der Waals surface area contributed by atoms with Crippen molar-refractivity contribution in [2.24, 2.45) is 11.0 Å². The van der Waals surface area contributed by atoms with Crippen LogP contribution in [0.25, 0.3) is 0 Å². The van der Waals surface area contributed by atoms with Gasteiger partial charge in [0.15, 0.2) is 0 Å². The van der Waals surface area contributed by atoms with Crippen LogP contribution in [0.4, 0.5) is 5.69 Å². The van der Waals surface area contributed by atoms with Gasteiger partial charge in [-0.3, -0.25) is 15.1 Å². The minimum Gasteiger partial charge on any atom is -0.497 e. The lowest BCUT2D eigenvalue weighted by atomic mass is 9.77. The molecule has 1 aliphatic heterocycles. The largest absolute Gasteiger partial charge is 0.497 e. The predicted molar refractivity (Wildman–Crippen MR) is 119 cm³/mol. The summed E-state index contributed by atoms with van der Waals surface area (Å²) >= 11 is 0. The standard InChI is InChI=1S/C24H25N3O5/c1-4-32-22(28)12-15(2)26-24(17-6-5-7-18(13-17)27(29)30)21-10-8-16-14-19(31-3)9-11-20(16)23(21)25-26/h5-7,9,11-14,21,24H,4,8,10H2,1-3H3. The number of non-ortho nitro benzene ring substituents is 1. The number of methoxy groups -OCH3 is 1. The van der Waals surface area contributed by atoms with Crippen molar-refractivity contribution >= 4 is 17.4 Å². The van der Waals surface area contributed by atoms with Gasteiger partial charge in [-0.2, -0.15) is 5.10 Å². The summed E-state index contributed by atoms with van der Waals surface area (Å²) in [6.45, 7) is 3.84. The number of esters is 1. The van der Waals surface area contributed by atoms with E-state index in [1.807, 2.05) is 24.3 Å². The van der Waals surface area contributed by atoms with Crippen LogP contribution in [0.1, 0.15) is 43.0 Å². The Morgan fingerprint density at radius 2 is 2.12 bits per heavy atom. The van der Waals surface area contributed by atoms with Gasteiger partial charge in [-0.05, 0) is 56.0 Å². The molecule has 0 spiro atoms. The molecule has 32 heavy (non-hydrogen) atoms. The van der Waals surface area contributed by atoms with E-state index in [0.29, 0.717) is 5.70 Å². The molecule has 0 N–H and O–H groups in total. The highest BCUT2D eigenvalue weighted by molar-refractivity contribution is 6.06. The summed E-state index contributed by atoms with van der Waals surface area (Å²) in [5.74, 6) is 0.387. The smallest absolute Gasteiger partial charge is 0.332 e. The average molecular weight is 435 g/mol. The van der Waals surface area contributed by atoms with Crippen LogP contribution in [0, 0.1) is 16.0 Å². The second-order valence-corrected chi connectivity index (χ2v) is 7.83. The van der Waals surface area contributed by atoms with Crippen LogP contribution in [0.2, 0.25) is 0 Å². The molecule has 0 fully saturated rings. The predicted octanol–water partition coefficient (Wildman–Crippen LogP) is 4.39. The molecule has 8 nitrogen and oxygen atoms in total. The van der Waals surface area contributed by atoms with E-state index in [9.17, 15) is 14.9 Å². The maximum atomic E-state index is 12.1. The number of benzene rings is 2. The van der Waals surface area contributed by atoms with Crippen LogP contribution in [-0.2, 0) is 16.0 Å². The Morgan fingerprint density at radius 3 is 2.84 bits per heavy atom. The Hall–Kier alpha value is -3.68. The summed E-state index contributed by atoms with van der Waals surface area (Å²) in [4.78, 5) is 23.1. The van der Waals surface area contributed by atoms with E-state index in [-0.39, 0.29) is 24.3 Å². The number of allylic oxidation sites excluding steroid dienone is 1. The summed E-state index contributed by atoms with van der Waals surface area (Å²) in [5, 5.41) is 18.1. The third-order valence-electron chi connectivity index (χ3n) is 5.92. The number of nitro benzene ring substituents is 1. The molecular weight excluding hydrogens is 410 g/mol. The molecule has 8 heteroatoms. The molecule has 0 bridgehead atoms. The van der Waals surface area contributed by atoms with Gasteiger partial charge in [-0.25, -0.2) is 4.79 Å². The number of hydrogen-bond acceptors (Lipinski definition) is 7. The minimum absolute atomic E-state index is 0.0310. The monoisotopic (exact) mass is 435 g/mol. The van der Waals surface area contributed by atoms with Gasteiger partial charge < -0.3 is 9.47 Å². The molecule has 0 saturated heterocycles. The van der Waals surface area contributed by atoms with Crippen LogP contribution in [0.15, 0.2) is 59.3 Å². The maximum absolute atomic E-state index is 12.1. The van der Waals surface area contributed by atoms with Crippen LogP contribution >= 0.6 is 0 Å². The molecular formula is C24H25N3O5. The molecule has 1 aliphatic carbocycles. The van der Waals surface area contributed by atoms with Crippen LogP contribution < -0.4 is 4.74 Å². The highest BCUT2D eigenvalue weighted by atomic mass is 16.6. The summed E-state index contributed by atoms with van der Waals surface area (Å²) in [5.41, 5.74) is 4.56. The number of hydrazone groups is 1. The lowest BCUT2D eigenvalue weighted by Gasteiger charge is -2.31. The van der Waals surface area contributed by atoms with Gasteiger partial charge in [0.05, 0.1) is 30.4 Å². The lowest BCUT2D eigenvalue weighted by molar-refractivity contribution is -0.385. The molecule has 2 aromatic carbocycles. The van der Waals surface area contributed by atoms with Gasteiger partial charge in [0.25, 0.3) is 5.69 Å². The third-order valence-corrected chi connectivity index (χ3v) is 5.92. The fourth-order valence-electron chi connectivity index (χ4n) is 4.50. The SMILES string of the molecule is CCOC(=O)C=C(C)N1N=C2c3ccc(OC)cc3CCC2C1c1cccc([N+](=O)[O-])c1. The molecule has 2 atom stereocenters. The molecule has 0 saturated carbocycles. The Balaban J connectivity index is 1.80. The molecule has 2 unspecified atom stereocenters. The normalized spacial score (nSPS) is 19.7. The van der Waals surface area contributed by atoms with E-state index >= 15 is 0 Å². The van der Waals surface area contributed by atoms with Gasteiger partial charge in [0.2, 0.25) is 0 Å². The average Bonchev–Trinajstić information content (AvgIpc) is 3.19. The fraction of sp³-hybridized carbons (Fsp3) is 0.333. The summed E-state index contributed by atoms with van der Waals surface area (Å²) < 4.78 is 10.4. The topological polar surface area (TPSA) is 94.3 Å². The summed E-state index contributed by atoms with van der Waals surface area (Å²) in [6.07, 6.45) is 3.09. The van der Waals surface area contributed by atoms with E-state index in [4.69, 9.17) is 14.6 Å². The number of ether oxygens (including phenoxy) is 2. The first kappa shape index (κ1) is 21.5. The van der Waals surface area contributed by atoms with Gasteiger partial charge in [-0.1, -0.05) is 12.1 Å². The van der Waals surface area contributed by atoms with Crippen molar-refractivity contribution < 1.29 is 19.2 Å². The van der Waals surface area contributed by atoms with Crippen molar-refractivity contribution in [2.75, 3.05) is 13.7 Å². The van der Waals surface area contributed by atoms with Crippen molar-refractivity contribution in [3.8, 4) is 5.75 Å². The number of hydrogen-bond donors (Lipinski definition) is 0. The van der Waals surface area contributed by atoms with Crippen LogP contribution in [0.3, 0.4) is 0 Å². The zero-order valence-electron chi connectivity index (χ0n) is 18.3. The number of rotatable bonds is 6. The Labute approximate surface area is 186 Å². The number of nitrogens with zero attached hydrogens (tertiary/aromatic N) is 3. The maximum Gasteiger partial charge on any atom is 0.332 e. The molecule has 166 valence electrons. The second-order valence-electron chi connectivity index (χ2n) is 7.83. The van der Waals surface area contributed by atoms with E-state index in [2.05, 4.69) is 0 Å². The van der Waals surface area contributed by atoms with E-state index in [1.165, 1.54) is 12.1 Å². The summed E-state index contributed by atoms with van der Waals surface area (Å²) in [6, 6.07) is 12.3. The van der Waals surface area contributed by atoms with Crippen molar-refractivity contribution in [3.05, 3.63) is 81.0 Å². The van der Waals surface area contributed by atoms with Crippen molar-refractivity contribution in [1.82, 2.24) is 5.01 Å². The number of carbonyl (C=O) groups excluding carboxylic acids is 1. The van der Waals surface area contributed by atoms with Crippen LogP contribution in [-0.4, -0.2) is 35.3 Å². The number of aryl methyl sites for hydroxylation is 1. The van der Waals surface area contributed by atoms with Crippen molar-refractivity contribution in [3.63, 3.8) is 0 Å². The zero-order chi connectivity index (χ0) is 22.8. The Kier molecular flexibility index (Phi) is 5.94. The van der Waals surface area contributed by atoms with Crippen LogP contribution in [0.5, 0.6) is 5.75 Å².